The third kappa shape index (κ3) is 2.41. The highest BCUT2D eigenvalue weighted by Crippen LogP contribution is 2.19. The molecule has 2 aromatic rings. The van der Waals surface area contributed by atoms with E-state index in [1.54, 1.807) is 0 Å². The summed E-state index contributed by atoms with van der Waals surface area (Å²) in [5, 5.41) is 15.4. The molecule has 0 atom stereocenters. The van der Waals surface area contributed by atoms with Gasteiger partial charge >= 0.3 is 0 Å². The van der Waals surface area contributed by atoms with Gasteiger partial charge in [0.15, 0.2) is 5.82 Å². The first kappa shape index (κ1) is 11.3. The summed E-state index contributed by atoms with van der Waals surface area (Å²) in [5.74, 6) is 0.868. The molecule has 1 fully saturated rings. The summed E-state index contributed by atoms with van der Waals surface area (Å²) in [6, 6.07) is 7.01. The Morgan fingerprint density at radius 3 is 2.61 bits per heavy atom. The molecular formula is C13H17N5. The molecule has 0 spiro atoms. The number of benzene rings is 1. The van der Waals surface area contributed by atoms with E-state index >= 15 is 0 Å². The second-order valence-corrected chi connectivity index (χ2v) is 5.01. The van der Waals surface area contributed by atoms with Gasteiger partial charge in [0.05, 0.1) is 12.2 Å². The molecule has 1 N–H and O–H groups in total. The first-order valence-electron chi connectivity index (χ1n) is 6.32. The molecule has 0 bridgehead atoms. The van der Waals surface area contributed by atoms with Crippen LogP contribution < -0.4 is 5.32 Å². The minimum absolute atomic E-state index is 0.661. The van der Waals surface area contributed by atoms with Crippen molar-refractivity contribution >= 4 is 0 Å². The van der Waals surface area contributed by atoms with Crippen molar-refractivity contribution in [3.05, 3.63) is 35.2 Å². The monoisotopic (exact) mass is 243 g/mol. The summed E-state index contributed by atoms with van der Waals surface area (Å²) in [6.07, 6.45) is 2.54. The lowest BCUT2D eigenvalue weighted by Crippen LogP contribution is -2.19. The van der Waals surface area contributed by atoms with E-state index in [4.69, 9.17) is 0 Å². The van der Waals surface area contributed by atoms with Gasteiger partial charge in [-0.2, -0.15) is 4.68 Å². The number of aromatic nitrogens is 4. The molecule has 94 valence electrons. The molecular weight excluding hydrogens is 226 g/mol. The van der Waals surface area contributed by atoms with Gasteiger partial charge in [0.1, 0.15) is 0 Å². The molecule has 18 heavy (non-hydrogen) atoms. The molecule has 1 saturated carbocycles. The minimum Gasteiger partial charge on any atom is -0.307 e. The van der Waals surface area contributed by atoms with Gasteiger partial charge in [-0.05, 0) is 60.4 Å². The van der Waals surface area contributed by atoms with Crippen LogP contribution in [0.25, 0.3) is 5.69 Å². The fraction of sp³-hybridized carbons (Fsp3) is 0.462. The predicted molar refractivity (Wildman–Crippen MR) is 68.5 cm³/mol. The second-order valence-electron chi connectivity index (χ2n) is 5.01. The lowest BCUT2D eigenvalue weighted by Gasteiger charge is -2.07. The summed E-state index contributed by atoms with van der Waals surface area (Å²) >= 11 is 0. The number of nitrogens with zero attached hydrogens (tertiary/aromatic N) is 4. The highest BCUT2D eigenvalue weighted by Gasteiger charge is 2.21. The van der Waals surface area contributed by atoms with Crippen molar-refractivity contribution in [1.29, 1.82) is 0 Å². The number of hydrogen-bond donors (Lipinski definition) is 1. The largest absolute Gasteiger partial charge is 0.307 e. The van der Waals surface area contributed by atoms with Crippen LogP contribution in [0.5, 0.6) is 0 Å². The lowest BCUT2D eigenvalue weighted by atomic mass is 10.1. The van der Waals surface area contributed by atoms with Crippen LogP contribution >= 0.6 is 0 Å². The molecule has 0 saturated heterocycles. The third-order valence-electron chi connectivity index (χ3n) is 3.11. The lowest BCUT2D eigenvalue weighted by molar-refractivity contribution is 0.637. The van der Waals surface area contributed by atoms with Crippen LogP contribution in [-0.4, -0.2) is 26.2 Å². The topological polar surface area (TPSA) is 55.6 Å². The molecule has 0 unspecified atom stereocenters. The van der Waals surface area contributed by atoms with E-state index in [9.17, 15) is 0 Å². The molecule has 0 radical (unpaired) electrons. The molecule has 1 aliphatic carbocycles. The maximum absolute atomic E-state index is 4.09. The Morgan fingerprint density at radius 1 is 1.22 bits per heavy atom. The van der Waals surface area contributed by atoms with Crippen molar-refractivity contribution in [2.75, 3.05) is 0 Å². The van der Waals surface area contributed by atoms with Crippen molar-refractivity contribution in [3.8, 4) is 5.69 Å². The van der Waals surface area contributed by atoms with Gasteiger partial charge in [0, 0.05) is 6.04 Å². The Bertz CT molecular complexity index is 536. The van der Waals surface area contributed by atoms with E-state index in [1.165, 1.54) is 24.0 Å². The predicted octanol–water partition coefficient (Wildman–Crippen LogP) is 1.53. The van der Waals surface area contributed by atoms with E-state index in [2.05, 4.69) is 52.9 Å². The van der Waals surface area contributed by atoms with Crippen LogP contribution in [0.15, 0.2) is 18.2 Å². The molecule has 5 heteroatoms. The zero-order valence-electron chi connectivity index (χ0n) is 10.7. The average molecular weight is 243 g/mol. The number of rotatable bonds is 4. The van der Waals surface area contributed by atoms with Crippen LogP contribution in [0.4, 0.5) is 0 Å². The van der Waals surface area contributed by atoms with Crippen LogP contribution in [0.3, 0.4) is 0 Å². The Morgan fingerprint density at radius 2 is 1.94 bits per heavy atom. The summed E-state index contributed by atoms with van der Waals surface area (Å²) in [7, 11) is 0. The fourth-order valence-corrected chi connectivity index (χ4v) is 2.11. The fourth-order valence-electron chi connectivity index (χ4n) is 2.11. The molecule has 1 aliphatic rings. The first-order valence-corrected chi connectivity index (χ1v) is 6.32. The average Bonchev–Trinajstić information content (AvgIpc) is 3.02. The zero-order valence-corrected chi connectivity index (χ0v) is 10.7. The highest BCUT2D eigenvalue weighted by molar-refractivity contribution is 5.39. The Kier molecular flexibility index (Phi) is 2.83. The maximum Gasteiger partial charge on any atom is 0.170 e. The van der Waals surface area contributed by atoms with E-state index in [1.807, 2.05) is 4.68 Å². The van der Waals surface area contributed by atoms with Crippen molar-refractivity contribution in [1.82, 2.24) is 25.5 Å². The smallest absolute Gasteiger partial charge is 0.170 e. The number of hydrogen-bond acceptors (Lipinski definition) is 4. The Labute approximate surface area is 106 Å². The minimum atomic E-state index is 0.661. The van der Waals surface area contributed by atoms with E-state index in [-0.39, 0.29) is 0 Å². The molecule has 0 amide bonds. The zero-order chi connectivity index (χ0) is 12.5. The van der Waals surface area contributed by atoms with Crippen molar-refractivity contribution in [3.63, 3.8) is 0 Å². The molecule has 1 heterocycles. The van der Waals surface area contributed by atoms with Crippen molar-refractivity contribution < 1.29 is 0 Å². The highest BCUT2D eigenvalue weighted by atomic mass is 15.5. The van der Waals surface area contributed by atoms with E-state index < -0.39 is 0 Å². The molecule has 1 aromatic heterocycles. The maximum atomic E-state index is 4.09. The Hall–Kier alpha value is -1.75. The normalized spacial score (nSPS) is 15.0. The Balaban J connectivity index is 1.87. The van der Waals surface area contributed by atoms with E-state index in [0.29, 0.717) is 6.04 Å². The van der Waals surface area contributed by atoms with Crippen LogP contribution in [0.1, 0.15) is 29.8 Å². The van der Waals surface area contributed by atoms with Gasteiger partial charge in [-0.3, -0.25) is 0 Å². The third-order valence-corrected chi connectivity index (χ3v) is 3.11. The van der Waals surface area contributed by atoms with Crippen molar-refractivity contribution in [2.45, 2.75) is 39.3 Å². The molecule has 3 rings (SSSR count). The van der Waals surface area contributed by atoms with Crippen molar-refractivity contribution in [2.24, 2.45) is 0 Å². The summed E-state index contributed by atoms with van der Waals surface area (Å²) in [4.78, 5) is 0. The summed E-state index contributed by atoms with van der Waals surface area (Å²) in [5.41, 5.74) is 3.48. The summed E-state index contributed by atoms with van der Waals surface area (Å²) in [6.45, 7) is 4.90. The van der Waals surface area contributed by atoms with Crippen LogP contribution in [0, 0.1) is 13.8 Å². The standard InChI is InChI=1S/C13H17N5/c1-9-5-10(2)7-12(6-9)18-13(15-16-17-18)8-14-11-3-4-11/h5-7,11,14H,3-4,8H2,1-2H3. The number of aryl methyl sites for hydroxylation is 2. The summed E-state index contributed by atoms with van der Waals surface area (Å²) < 4.78 is 1.81. The van der Waals surface area contributed by atoms with Gasteiger partial charge in [-0.1, -0.05) is 6.07 Å². The van der Waals surface area contributed by atoms with Gasteiger partial charge in [0.25, 0.3) is 0 Å². The molecule has 0 aliphatic heterocycles. The quantitative estimate of drug-likeness (QED) is 0.884. The SMILES string of the molecule is Cc1cc(C)cc(-n2nnnc2CNC2CC2)c1. The van der Waals surface area contributed by atoms with Gasteiger partial charge in [-0.15, -0.1) is 5.10 Å². The van der Waals surface area contributed by atoms with Crippen LogP contribution in [-0.2, 0) is 6.54 Å². The number of tetrazole rings is 1. The second kappa shape index (κ2) is 4.49. The van der Waals surface area contributed by atoms with Gasteiger partial charge in [-0.25, -0.2) is 0 Å². The molecule has 5 nitrogen and oxygen atoms in total. The van der Waals surface area contributed by atoms with Gasteiger partial charge < -0.3 is 5.32 Å². The first-order chi connectivity index (χ1) is 8.72. The van der Waals surface area contributed by atoms with Crippen LogP contribution in [0.2, 0.25) is 0 Å². The molecule has 1 aromatic carbocycles. The van der Waals surface area contributed by atoms with E-state index in [0.717, 1.165) is 18.1 Å². The number of nitrogens with one attached hydrogen (secondary N) is 1. The van der Waals surface area contributed by atoms with Gasteiger partial charge in [0.2, 0.25) is 0 Å².